The zero-order valence-corrected chi connectivity index (χ0v) is 10.9. The Morgan fingerprint density at radius 2 is 2.19 bits per heavy atom. The smallest absolute Gasteiger partial charge is 0.0867 e. The highest BCUT2D eigenvalue weighted by molar-refractivity contribution is 9.10. The molecule has 0 amide bonds. The summed E-state index contributed by atoms with van der Waals surface area (Å²) in [5.41, 5.74) is 9.08. The van der Waals surface area contributed by atoms with Crippen LogP contribution < -0.4 is 5.73 Å². The van der Waals surface area contributed by atoms with Crippen molar-refractivity contribution >= 4 is 15.9 Å². The molecule has 0 bridgehead atoms. The van der Waals surface area contributed by atoms with Crippen LogP contribution in [0.15, 0.2) is 34.9 Å². The Kier molecular flexibility index (Phi) is 3.12. The third-order valence-corrected chi connectivity index (χ3v) is 2.92. The Balaban J connectivity index is 2.55. The highest BCUT2D eigenvalue weighted by Crippen LogP contribution is 2.28. The van der Waals surface area contributed by atoms with Gasteiger partial charge in [-0.25, -0.2) is 0 Å². The summed E-state index contributed by atoms with van der Waals surface area (Å²) in [6.07, 6.45) is 2.00. The summed E-state index contributed by atoms with van der Waals surface area (Å²) in [6, 6.07) is 8.09. The minimum absolute atomic E-state index is 0.0600. The van der Waals surface area contributed by atoms with Crippen LogP contribution in [0.3, 0.4) is 0 Å². The van der Waals surface area contributed by atoms with Gasteiger partial charge in [0.25, 0.3) is 0 Å². The third kappa shape index (κ3) is 2.18. The van der Waals surface area contributed by atoms with Crippen LogP contribution in [0, 0.1) is 0 Å². The maximum absolute atomic E-state index is 5.92. The third-order valence-electron chi connectivity index (χ3n) is 2.42. The first-order valence-corrected chi connectivity index (χ1v) is 5.92. The second-order valence-electron chi connectivity index (χ2n) is 3.90. The molecule has 16 heavy (non-hydrogen) atoms. The van der Waals surface area contributed by atoms with Crippen LogP contribution >= 0.6 is 15.9 Å². The molecule has 1 aromatic heterocycles. The fraction of sp³-hybridized carbons (Fsp3) is 0.250. The van der Waals surface area contributed by atoms with Gasteiger partial charge >= 0.3 is 0 Å². The number of rotatable bonds is 2. The van der Waals surface area contributed by atoms with Crippen molar-refractivity contribution in [1.82, 2.24) is 9.78 Å². The Bertz CT molecular complexity index is 503. The minimum Gasteiger partial charge on any atom is -0.323 e. The van der Waals surface area contributed by atoms with E-state index in [-0.39, 0.29) is 6.04 Å². The lowest BCUT2D eigenvalue weighted by atomic mass is 10.0. The summed E-state index contributed by atoms with van der Waals surface area (Å²) in [5, 5.41) is 4.39. The second-order valence-corrected chi connectivity index (χ2v) is 4.82. The number of hydrogen-bond donors (Lipinski definition) is 1. The first-order valence-electron chi connectivity index (χ1n) is 5.13. The predicted molar refractivity (Wildman–Crippen MR) is 68.9 cm³/mol. The molecule has 2 N–H and O–H groups in total. The van der Waals surface area contributed by atoms with Gasteiger partial charge in [0, 0.05) is 29.3 Å². The molecule has 0 radical (unpaired) electrons. The van der Waals surface area contributed by atoms with E-state index in [4.69, 9.17) is 5.73 Å². The molecule has 0 aliphatic heterocycles. The molecular formula is C12H14BrN3. The fourth-order valence-corrected chi connectivity index (χ4v) is 2.12. The van der Waals surface area contributed by atoms with Gasteiger partial charge in [-0.05, 0) is 24.6 Å². The molecule has 0 saturated heterocycles. The molecule has 4 heteroatoms. The second kappa shape index (κ2) is 4.39. The fourth-order valence-electron chi connectivity index (χ4n) is 1.72. The molecule has 1 atom stereocenters. The normalized spacial score (nSPS) is 12.8. The van der Waals surface area contributed by atoms with Crippen molar-refractivity contribution in [2.45, 2.75) is 13.0 Å². The topological polar surface area (TPSA) is 43.8 Å². The van der Waals surface area contributed by atoms with Gasteiger partial charge in [-0.2, -0.15) is 5.10 Å². The van der Waals surface area contributed by atoms with E-state index in [1.807, 2.05) is 32.3 Å². The summed E-state index contributed by atoms with van der Waals surface area (Å²) in [6.45, 7) is 1.95. The average Bonchev–Trinajstić information content (AvgIpc) is 2.60. The summed E-state index contributed by atoms with van der Waals surface area (Å²) >= 11 is 3.47. The molecule has 2 rings (SSSR count). The first-order chi connectivity index (χ1) is 7.58. The van der Waals surface area contributed by atoms with Crippen LogP contribution in [0.5, 0.6) is 0 Å². The minimum atomic E-state index is -0.0600. The summed E-state index contributed by atoms with van der Waals surface area (Å²) in [4.78, 5) is 0. The quantitative estimate of drug-likeness (QED) is 0.919. The van der Waals surface area contributed by atoms with E-state index in [2.05, 4.69) is 33.2 Å². The van der Waals surface area contributed by atoms with Crippen molar-refractivity contribution in [3.05, 3.63) is 40.6 Å². The predicted octanol–water partition coefficient (Wildman–Crippen LogP) is 2.87. The monoisotopic (exact) mass is 279 g/mol. The molecule has 1 aromatic carbocycles. The molecule has 3 nitrogen and oxygen atoms in total. The summed E-state index contributed by atoms with van der Waals surface area (Å²) in [7, 11) is 1.91. The molecule has 0 fully saturated rings. The maximum Gasteiger partial charge on any atom is 0.0867 e. The molecule has 1 unspecified atom stereocenters. The lowest BCUT2D eigenvalue weighted by molar-refractivity contribution is 0.699. The van der Waals surface area contributed by atoms with Crippen LogP contribution in [0.1, 0.15) is 18.7 Å². The van der Waals surface area contributed by atoms with E-state index in [1.165, 1.54) is 0 Å². The first kappa shape index (κ1) is 11.4. The van der Waals surface area contributed by atoms with Crippen LogP contribution in [-0.2, 0) is 7.05 Å². The largest absolute Gasteiger partial charge is 0.323 e. The van der Waals surface area contributed by atoms with Gasteiger partial charge in [-0.3, -0.25) is 4.68 Å². The zero-order chi connectivity index (χ0) is 11.7. The summed E-state index contributed by atoms with van der Waals surface area (Å²) in [5.74, 6) is 0. The van der Waals surface area contributed by atoms with E-state index in [0.717, 1.165) is 21.3 Å². The van der Waals surface area contributed by atoms with Crippen LogP contribution in [0.4, 0.5) is 0 Å². The zero-order valence-electron chi connectivity index (χ0n) is 9.31. The lowest BCUT2D eigenvalue weighted by Crippen LogP contribution is -2.07. The van der Waals surface area contributed by atoms with Crippen molar-refractivity contribution in [1.29, 1.82) is 0 Å². The van der Waals surface area contributed by atoms with Gasteiger partial charge in [0.05, 0.1) is 5.69 Å². The van der Waals surface area contributed by atoms with E-state index in [0.29, 0.717) is 0 Å². The number of aryl methyl sites for hydroxylation is 1. The number of halogens is 1. The average molecular weight is 280 g/mol. The highest BCUT2D eigenvalue weighted by Gasteiger charge is 2.13. The van der Waals surface area contributed by atoms with Crippen molar-refractivity contribution in [2.75, 3.05) is 0 Å². The Morgan fingerprint density at radius 3 is 2.81 bits per heavy atom. The Hall–Kier alpha value is -1.13. The highest BCUT2D eigenvalue weighted by atomic mass is 79.9. The van der Waals surface area contributed by atoms with Crippen molar-refractivity contribution in [3.8, 4) is 11.1 Å². The van der Waals surface area contributed by atoms with E-state index >= 15 is 0 Å². The number of nitrogens with two attached hydrogens (primary N) is 1. The van der Waals surface area contributed by atoms with E-state index in [9.17, 15) is 0 Å². The Labute approximate surface area is 103 Å². The number of aromatic nitrogens is 2. The van der Waals surface area contributed by atoms with Gasteiger partial charge < -0.3 is 5.73 Å². The van der Waals surface area contributed by atoms with Crippen LogP contribution in [0.2, 0.25) is 0 Å². The maximum atomic E-state index is 5.92. The number of benzene rings is 1. The molecule has 84 valence electrons. The van der Waals surface area contributed by atoms with Crippen molar-refractivity contribution in [2.24, 2.45) is 12.8 Å². The molecule has 0 aliphatic rings. The van der Waals surface area contributed by atoms with Gasteiger partial charge in [-0.15, -0.1) is 0 Å². The van der Waals surface area contributed by atoms with E-state index < -0.39 is 0 Å². The standard InChI is InChI=1S/C12H14BrN3/c1-8(14)12-11(7-16(2)15-12)9-4-3-5-10(13)6-9/h3-8H,14H2,1-2H3. The van der Waals surface area contributed by atoms with Gasteiger partial charge in [-0.1, -0.05) is 28.1 Å². The van der Waals surface area contributed by atoms with Gasteiger partial charge in [0.1, 0.15) is 0 Å². The molecule has 0 spiro atoms. The molecule has 2 aromatic rings. The SMILES string of the molecule is CC(N)c1nn(C)cc1-c1cccc(Br)c1. The molecule has 0 saturated carbocycles. The Morgan fingerprint density at radius 1 is 1.44 bits per heavy atom. The van der Waals surface area contributed by atoms with Gasteiger partial charge in [0.2, 0.25) is 0 Å². The number of hydrogen-bond acceptors (Lipinski definition) is 2. The van der Waals surface area contributed by atoms with Crippen LogP contribution in [-0.4, -0.2) is 9.78 Å². The molecule has 1 heterocycles. The van der Waals surface area contributed by atoms with Crippen LogP contribution in [0.25, 0.3) is 11.1 Å². The lowest BCUT2D eigenvalue weighted by Gasteiger charge is -2.05. The number of nitrogens with zero attached hydrogens (tertiary/aromatic N) is 2. The van der Waals surface area contributed by atoms with Crippen molar-refractivity contribution < 1.29 is 0 Å². The summed E-state index contributed by atoms with van der Waals surface area (Å²) < 4.78 is 2.86. The van der Waals surface area contributed by atoms with Crippen molar-refractivity contribution in [3.63, 3.8) is 0 Å². The van der Waals surface area contributed by atoms with E-state index in [1.54, 1.807) is 4.68 Å². The molecular weight excluding hydrogens is 266 g/mol. The molecule has 0 aliphatic carbocycles. The van der Waals surface area contributed by atoms with Gasteiger partial charge in [0.15, 0.2) is 0 Å².